The average Bonchev–Trinajstić information content (AvgIpc) is 3.09. The number of imide groups is 4. The van der Waals surface area contributed by atoms with E-state index in [9.17, 15) is 38.4 Å². The monoisotopic (exact) mass is 745 g/mol. The van der Waals surface area contributed by atoms with Crippen LogP contribution in [0.25, 0.3) is 0 Å². The molecule has 0 bridgehead atoms. The van der Waals surface area contributed by atoms with Crippen molar-refractivity contribution < 1.29 is 47.8 Å². The molecule has 0 aliphatic carbocycles. The van der Waals surface area contributed by atoms with E-state index in [1.54, 1.807) is 0 Å². The molecule has 14 amide bonds. The van der Waals surface area contributed by atoms with Crippen molar-refractivity contribution in [1.29, 1.82) is 0 Å². The van der Waals surface area contributed by atoms with Gasteiger partial charge in [-0.3, -0.25) is 21.3 Å². The van der Waals surface area contributed by atoms with Crippen LogP contribution in [-0.4, -0.2) is 107 Å². The Bertz CT molecular complexity index is 1100. The SMILES string of the molecule is CCCCCCCNC(=O)NC(=O)NC(=O)NCCCCCCNC(=O)OCC(N)COC(=O)NCCCCCCNC(=O)NC(=O)NC(=O)NC. The highest BCUT2D eigenvalue weighted by Crippen LogP contribution is 2.01. The Hall–Kier alpha value is -5.08. The first-order valence-electron chi connectivity index (χ1n) is 17.7. The summed E-state index contributed by atoms with van der Waals surface area (Å²) in [5.74, 6) is 0. The molecule has 0 rings (SSSR count). The van der Waals surface area contributed by atoms with Crippen molar-refractivity contribution in [3.05, 3.63) is 0 Å². The van der Waals surface area contributed by atoms with Crippen LogP contribution in [0.5, 0.6) is 0 Å². The lowest BCUT2D eigenvalue weighted by Gasteiger charge is -2.13. The van der Waals surface area contributed by atoms with E-state index in [2.05, 4.69) is 38.8 Å². The van der Waals surface area contributed by atoms with Crippen LogP contribution >= 0.6 is 0 Å². The van der Waals surface area contributed by atoms with Crippen molar-refractivity contribution in [1.82, 2.24) is 53.2 Å². The maximum Gasteiger partial charge on any atom is 0.407 e. The highest BCUT2D eigenvalue weighted by Gasteiger charge is 2.12. The number of hydrogen-bond acceptors (Lipinski definition) is 11. The van der Waals surface area contributed by atoms with Crippen molar-refractivity contribution in [2.45, 2.75) is 96.4 Å². The smallest absolute Gasteiger partial charge is 0.407 e. The molecule has 0 aliphatic rings. The van der Waals surface area contributed by atoms with Crippen molar-refractivity contribution >= 4 is 48.4 Å². The molecular formula is C31H59N11O10. The summed E-state index contributed by atoms with van der Waals surface area (Å²) in [5, 5.41) is 22.9. The molecule has 21 heteroatoms. The molecule has 1 unspecified atom stereocenters. The minimum Gasteiger partial charge on any atom is -0.448 e. The van der Waals surface area contributed by atoms with Gasteiger partial charge in [-0.25, -0.2) is 38.4 Å². The van der Waals surface area contributed by atoms with Gasteiger partial charge in [-0.05, 0) is 32.1 Å². The van der Waals surface area contributed by atoms with Gasteiger partial charge in [0.15, 0.2) is 0 Å². The van der Waals surface area contributed by atoms with E-state index >= 15 is 0 Å². The number of amides is 14. The third-order valence-corrected chi connectivity index (χ3v) is 6.88. The molecule has 298 valence electrons. The number of alkyl carbamates (subject to hydrolysis) is 2. The first kappa shape index (κ1) is 46.9. The minimum atomic E-state index is -0.945. The van der Waals surface area contributed by atoms with Gasteiger partial charge >= 0.3 is 48.4 Å². The lowest BCUT2D eigenvalue weighted by atomic mass is 10.1. The zero-order chi connectivity index (χ0) is 38.8. The Morgan fingerprint density at radius 1 is 0.442 bits per heavy atom. The van der Waals surface area contributed by atoms with Crippen molar-refractivity contribution in [3.8, 4) is 0 Å². The Labute approximate surface area is 304 Å². The van der Waals surface area contributed by atoms with E-state index in [1.165, 1.54) is 7.05 Å². The number of unbranched alkanes of at least 4 members (excludes halogenated alkanes) is 10. The van der Waals surface area contributed by atoms with E-state index in [-0.39, 0.29) is 13.2 Å². The number of carbonyl (C=O) groups is 8. The van der Waals surface area contributed by atoms with E-state index < -0.39 is 54.4 Å². The van der Waals surface area contributed by atoms with Crippen LogP contribution in [0.4, 0.5) is 38.4 Å². The van der Waals surface area contributed by atoms with Gasteiger partial charge in [0.1, 0.15) is 13.2 Å². The summed E-state index contributed by atoms with van der Waals surface area (Å²) in [7, 11) is 1.33. The molecule has 0 heterocycles. The number of nitrogens with one attached hydrogen (secondary N) is 10. The van der Waals surface area contributed by atoms with Gasteiger partial charge in [0, 0.05) is 39.8 Å². The van der Waals surface area contributed by atoms with Crippen LogP contribution in [-0.2, 0) is 9.47 Å². The van der Waals surface area contributed by atoms with E-state index in [1.807, 2.05) is 21.3 Å². The van der Waals surface area contributed by atoms with Gasteiger partial charge in [-0.1, -0.05) is 58.3 Å². The molecule has 21 nitrogen and oxygen atoms in total. The number of carbonyl (C=O) groups excluding carboxylic acids is 8. The molecule has 52 heavy (non-hydrogen) atoms. The second-order valence-corrected chi connectivity index (χ2v) is 11.6. The zero-order valence-corrected chi connectivity index (χ0v) is 30.4. The molecule has 0 saturated carbocycles. The first-order valence-corrected chi connectivity index (χ1v) is 17.7. The highest BCUT2D eigenvalue weighted by atomic mass is 16.6. The molecule has 0 aliphatic heterocycles. The molecule has 0 fully saturated rings. The third-order valence-electron chi connectivity index (χ3n) is 6.88. The summed E-state index contributed by atoms with van der Waals surface area (Å²) in [5.41, 5.74) is 5.84. The van der Waals surface area contributed by atoms with Crippen LogP contribution < -0.4 is 58.9 Å². The van der Waals surface area contributed by atoms with Gasteiger partial charge in [-0.2, -0.15) is 0 Å². The lowest BCUT2D eigenvalue weighted by molar-refractivity contribution is 0.107. The normalized spacial score (nSPS) is 10.8. The van der Waals surface area contributed by atoms with Crippen molar-refractivity contribution in [2.75, 3.05) is 53.0 Å². The largest absolute Gasteiger partial charge is 0.448 e. The fraction of sp³-hybridized carbons (Fsp3) is 0.742. The maximum atomic E-state index is 11.9. The second kappa shape index (κ2) is 31.9. The van der Waals surface area contributed by atoms with E-state index in [0.29, 0.717) is 58.4 Å². The number of ether oxygens (including phenoxy) is 2. The average molecular weight is 746 g/mol. The van der Waals surface area contributed by atoms with E-state index in [4.69, 9.17) is 15.2 Å². The number of hydrogen-bond donors (Lipinski definition) is 11. The molecule has 1 atom stereocenters. The summed E-state index contributed by atoms with van der Waals surface area (Å²) in [6.45, 7) is 3.64. The van der Waals surface area contributed by atoms with Gasteiger partial charge in [0.2, 0.25) is 0 Å². The first-order chi connectivity index (χ1) is 25.0. The lowest BCUT2D eigenvalue weighted by Crippen LogP contribution is -2.49. The molecular weight excluding hydrogens is 686 g/mol. The minimum absolute atomic E-state index is 0.153. The fourth-order valence-electron chi connectivity index (χ4n) is 4.11. The highest BCUT2D eigenvalue weighted by molar-refractivity contribution is 6.01. The predicted molar refractivity (Wildman–Crippen MR) is 190 cm³/mol. The van der Waals surface area contributed by atoms with Gasteiger partial charge in [-0.15, -0.1) is 0 Å². The second-order valence-electron chi connectivity index (χ2n) is 11.6. The molecule has 0 saturated heterocycles. The summed E-state index contributed by atoms with van der Waals surface area (Å²) < 4.78 is 10.1. The van der Waals surface area contributed by atoms with E-state index in [0.717, 1.165) is 57.8 Å². The summed E-state index contributed by atoms with van der Waals surface area (Å²) in [6, 6.07) is -5.42. The van der Waals surface area contributed by atoms with Gasteiger partial charge in [0.05, 0.1) is 6.04 Å². The van der Waals surface area contributed by atoms with Crippen LogP contribution in [0.15, 0.2) is 0 Å². The summed E-state index contributed by atoms with van der Waals surface area (Å²) in [4.78, 5) is 92.8. The van der Waals surface area contributed by atoms with Crippen LogP contribution in [0.3, 0.4) is 0 Å². The van der Waals surface area contributed by atoms with Crippen LogP contribution in [0.2, 0.25) is 0 Å². The Balaban J connectivity index is 3.66. The third kappa shape index (κ3) is 30.9. The predicted octanol–water partition coefficient (Wildman–Crippen LogP) is 1.92. The molecule has 12 N–H and O–H groups in total. The topological polar surface area (TPSA) is 301 Å². The zero-order valence-electron chi connectivity index (χ0n) is 30.4. The van der Waals surface area contributed by atoms with Gasteiger partial charge in [0.25, 0.3) is 0 Å². The van der Waals surface area contributed by atoms with Gasteiger partial charge < -0.3 is 47.1 Å². The molecule has 0 aromatic carbocycles. The number of urea groups is 6. The fourth-order valence-corrected chi connectivity index (χ4v) is 4.11. The quantitative estimate of drug-likeness (QED) is 0.0634. The van der Waals surface area contributed by atoms with Crippen molar-refractivity contribution in [3.63, 3.8) is 0 Å². The number of nitrogens with two attached hydrogens (primary N) is 1. The van der Waals surface area contributed by atoms with Crippen LogP contribution in [0, 0.1) is 0 Å². The molecule has 0 radical (unpaired) electrons. The standard InChI is InChI=1S/C31H59N11O10/c1-3-4-5-6-11-16-34-26(45)41-29(48)42-27(46)36-18-13-8-10-15-20-38-31(50)52-22-23(32)21-51-30(49)37-19-14-9-7-12-17-35-25(44)40-28(47)39-24(43)33-2/h23H,3-22,32H2,1-2H3,(H,37,49)(H,38,50)(H4,33,35,39,40,43,44,47)(H4,34,36,41,42,45,46,48). The Kier molecular flexibility index (Phi) is 28.8. The molecule has 0 aromatic heterocycles. The summed E-state index contributed by atoms with van der Waals surface area (Å²) in [6.07, 6.45) is 9.56. The van der Waals surface area contributed by atoms with Crippen molar-refractivity contribution in [2.24, 2.45) is 5.73 Å². The number of rotatable bonds is 24. The maximum absolute atomic E-state index is 11.9. The Morgan fingerprint density at radius 3 is 1.08 bits per heavy atom. The molecule has 0 aromatic rings. The Morgan fingerprint density at radius 2 is 0.750 bits per heavy atom. The molecule has 0 spiro atoms. The van der Waals surface area contributed by atoms with Crippen LogP contribution in [0.1, 0.15) is 90.4 Å². The summed E-state index contributed by atoms with van der Waals surface area (Å²) >= 11 is 0.